The van der Waals surface area contributed by atoms with Crippen LogP contribution in [0.4, 0.5) is 4.79 Å². The van der Waals surface area contributed by atoms with Crippen LogP contribution in [0.15, 0.2) is 0 Å². The highest BCUT2D eigenvalue weighted by Gasteiger charge is 2.21. The normalized spacial score (nSPS) is 11.3. The number of carbonyl (C=O) groups excluding carboxylic acids is 2. The molecule has 0 aliphatic heterocycles. The first-order chi connectivity index (χ1) is 9.81. The maximum Gasteiger partial charge on any atom is 0.326 e. The van der Waals surface area contributed by atoms with Crippen molar-refractivity contribution >= 4 is 23.9 Å². The van der Waals surface area contributed by atoms with Gasteiger partial charge in [0, 0.05) is 19.5 Å². The molecule has 0 saturated carbocycles. The lowest BCUT2D eigenvalue weighted by molar-refractivity contribution is -0.140. The van der Waals surface area contributed by atoms with E-state index in [4.69, 9.17) is 10.2 Å². The molecule has 0 aromatic rings. The third kappa shape index (κ3) is 7.75. The number of aliphatic carboxylic acids is 2. The third-order valence-electron chi connectivity index (χ3n) is 2.77. The number of nitrogens with zero attached hydrogens (tertiary/aromatic N) is 1. The lowest BCUT2D eigenvalue weighted by Crippen LogP contribution is -2.49. The fourth-order valence-electron chi connectivity index (χ4n) is 1.58. The molecule has 21 heavy (non-hydrogen) atoms. The summed E-state index contributed by atoms with van der Waals surface area (Å²) in [4.78, 5) is 45.9. The van der Waals surface area contributed by atoms with Gasteiger partial charge < -0.3 is 25.7 Å². The molecule has 4 N–H and O–H groups in total. The fraction of sp³-hybridized carbons (Fsp3) is 0.667. The maximum atomic E-state index is 11.6. The molecule has 0 radical (unpaired) electrons. The lowest BCUT2D eigenvalue weighted by Gasteiger charge is -2.19. The van der Waals surface area contributed by atoms with Crippen LogP contribution in [0.5, 0.6) is 0 Å². The van der Waals surface area contributed by atoms with E-state index in [0.717, 1.165) is 0 Å². The van der Waals surface area contributed by atoms with Gasteiger partial charge in [-0.2, -0.15) is 0 Å². The average molecular weight is 303 g/mol. The van der Waals surface area contributed by atoms with Crippen LogP contribution in [-0.2, 0) is 14.4 Å². The molecule has 9 heteroatoms. The van der Waals surface area contributed by atoms with Gasteiger partial charge in [-0.3, -0.25) is 9.59 Å². The quantitative estimate of drug-likeness (QED) is 0.452. The summed E-state index contributed by atoms with van der Waals surface area (Å²) in [5, 5.41) is 21.7. The van der Waals surface area contributed by atoms with Crippen molar-refractivity contribution in [2.24, 2.45) is 0 Å². The van der Waals surface area contributed by atoms with E-state index in [1.54, 1.807) is 13.8 Å². The molecular formula is C12H21N3O6. The fourth-order valence-corrected chi connectivity index (χ4v) is 1.58. The highest BCUT2D eigenvalue weighted by atomic mass is 16.4. The Hall–Kier alpha value is -2.32. The minimum Gasteiger partial charge on any atom is -0.481 e. The molecule has 0 aromatic carbocycles. The monoisotopic (exact) mass is 303 g/mol. The van der Waals surface area contributed by atoms with Crippen LogP contribution in [0.1, 0.15) is 26.7 Å². The van der Waals surface area contributed by atoms with Gasteiger partial charge in [0.15, 0.2) is 0 Å². The molecule has 1 unspecified atom stereocenters. The molecule has 0 spiro atoms. The Bertz CT molecular complexity index is 394. The van der Waals surface area contributed by atoms with Crippen molar-refractivity contribution in [1.82, 2.24) is 15.5 Å². The number of hydrogen-bond donors (Lipinski definition) is 4. The zero-order chi connectivity index (χ0) is 16.4. The Morgan fingerprint density at radius 2 is 1.67 bits per heavy atom. The molecule has 0 aromatic heterocycles. The number of nitrogens with one attached hydrogen (secondary N) is 2. The molecule has 1 atom stereocenters. The number of carbonyl (C=O) groups is 4. The van der Waals surface area contributed by atoms with Gasteiger partial charge in [0.1, 0.15) is 6.04 Å². The van der Waals surface area contributed by atoms with Crippen molar-refractivity contribution in [3.05, 3.63) is 0 Å². The van der Waals surface area contributed by atoms with Gasteiger partial charge in [-0.05, 0) is 20.3 Å². The van der Waals surface area contributed by atoms with E-state index in [2.05, 4.69) is 10.6 Å². The van der Waals surface area contributed by atoms with Crippen molar-refractivity contribution in [3.8, 4) is 0 Å². The molecule has 0 aliphatic rings. The minimum atomic E-state index is -1.33. The molecule has 0 bridgehead atoms. The standard InChI is InChI=1S/C12H21N3O6/c1-3-15(4-2)9(16)7-13-12(21)14-8(11(19)20)5-6-10(17)18/h8H,3-7H2,1-2H3,(H,17,18)(H,19,20)(H2,13,14,21). The van der Waals surface area contributed by atoms with Gasteiger partial charge in [0.2, 0.25) is 5.91 Å². The van der Waals surface area contributed by atoms with Crippen LogP contribution in [0, 0.1) is 0 Å². The highest BCUT2D eigenvalue weighted by molar-refractivity contribution is 5.86. The van der Waals surface area contributed by atoms with E-state index in [9.17, 15) is 19.2 Å². The van der Waals surface area contributed by atoms with Crippen LogP contribution >= 0.6 is 0 Å². The van der Waals surface area contributed by atoms with Gasteiger partial charge in [0.05, 0.1) is 6.54 Å². The molecule has 0 heterocycles. The predicted octanol–water partition coefficient (Wildman–Crippen LogP) is -0.528. The van der Waals surface area contributed by atoms with E-state index in [0.29, 0.717) is 13.1 Å². The Balaban J connectivity index is 4.29. The molecular weight excluding hydrogens is 282 g/mol. The molecule has 0 rings (SSSR count). The second-order valence-electron chi connectivity index (χ2n) is 4.22. The number of carboxylic acid groups (broad SMARTS) is 2. The smallest absolute Gasteiger partial charge is 0.326 e. The second-order valence-corrected chi connectivity index (χ2v) is 4.22. The average Bonchev–Trinajstić information content (AvgIpc) is 2.41. The molecule has 0 aliphatic carbocycles. The number of rotatable bonds is 9. The summed E-state index contributed by atoms with van der Waals surface area (Å²) in [6, 6.07) is -2.14. The first-order valence-electron chi connectivity index (χ1n) is 6.58. The zero-order valence-electron chi connectivity index (χ0n) is 12.1. The molecule has 3 amide bonds. The van der Waals surface area contributed by atoms with Gasteiger partial charge >= 0.3 is 18.0 Å². The summed E-state index contributed by atoms with van der Waals surface area (Å²) >= 11 is 0. The summed E-state index contributed by atoms with van der Waals surface area (Å²) in [5.74, 6) is -2.77. The van der Waals surface area contributed by atoms with E-state index in [1.807, 2.05) is 0 Å². The summed E-state index contributed by atoms with van der Waals surface area (Å²) in [5.41, 5.74) is 0. The van der Waals surface area contributed by atoms with Crippen molar-refractivity contribution in [2.45, 2.75) is 32.7 Å². The van der Waals surface area contributed by atoms with Crippen LogP contribution in [-0.4, -0.2) is 64.7 Å². The van der Waals surface area contributed by atoms with Crippen molar-refractivity contribution in [1.29, 1.82) is 0 Å². The van der Waals surface area contributed by atoms with Gasteiger partial charge in [-0.15, -0.1) is 0 Å². The van der Waals surface area contributed by atoms with Crippen LogP contribution in [0.3, 0.4) is 0 Å². The van der Waals surface area contributed by atoms with Crippen molar-refractivity contribution in [3.63, 3.8) is 0 Å². The van der Waals surface area contributed by atoms with Crippen molar-refractivity contribution in [2.75, 3.05) is 19.6 Å². The number of urea groups is 1. The van der Waals surface area contributed by atoms with E-state index in [-0.39, 0.29) is 25.3 Å². The number of hydrogen-bond acceptors (Lipinski definition) is 4. The van der Waals surface area contributed by atoms with Crippen molar-refractivity contribution < 1.29 is 29.4 Å². The Morgan fingerprint density at radius 3 is 2.10 bits per heavy atom. The number of likely N-dealkylation sites (N-methyl/N-ethyl adjacent to an activating group) is 1. The number of carboxylic acids is 2. The minimum absolute atomic E-state index is 0.234. The topological polar surface area (TPSA) is 136 Å². The second kappa shape index (κ2) is 9.56. The molecule has 0 saturated heterocycles. The van der Waals surface area contributed by atoms with Gasteiger partial charge in [-0.25, -0.2) is 9.59 Å². The number of amides is 3. The maximum absolute atomic E-state index is 11.6. The summed E-state index contributed by atoms with van der Waals surface area (Å²) in [7, 11) is 0. The predicted molar refractivity (Wildman–Crippen MR) is 72.8 cm³/mol. The first kappa shape index (κ1) is 18.7. The van der Waals surface area contributed by atoms with E-state index >= 15 is 0 Å². The Labute approximate surface area is 122 Å². The molecule has 120 valence electrons. The third-order valence-corrected chi connectivity index (χ3v) is 2.77. The van der Waals surface area contributed by atoms with E-state index in [1.165, 1.54) is 4.90 Å². The first-order valence-corrected chi connectivity index (χ1v) is 6.58. The lowest BCUT2D eigenvalue weighted by atomic mass is 10.1. The summed E-state index contributed by atoms with van der Waals surface area (Å²) < 4.78 is 0. The molecule has 9 nitrogen and oxygen atoms in total. The van der Waals surface area contributed by atoms with Crippen LogP contribution in [0.2, 0.25) is 0 Å². The molecule has 0 fully saturated rings. The van der Waals surface area contributed by atoms with Crippen LogP contribution < -0.4 is 10.6 Å². The zero-order valence-corrected chi connectivity index (χ0v) is 12.1. The van der Waals surface area contributed by atoms with Crippen LogP contribution in [0.25, 0.3) is 0 Å². The highest BCUT2D eigenvalue weighted by Crippen LogP contribution is 1.98. The van der Waals surface area contributed by atoms with Gasteiger partial charge in [0.25, 0.3) is 0 Å². The summed E-state index contributed by atoms with van der Waals surface area (Å²) in [6.07, 6.45) is -0.613. The summed E-state index contributed by atoms with van der Waals surface area (Å²) in [6.45, 7) is 4.37. The Morgan fingerprint density at radius 1 is 1.10 bits per heavy atom. The largest absolute Gasteiger partial charge is 0.481 e. The Kier molecular flexibility index (Phi) is 8.51. The SMILES string of the molecule is CCN(CC)C(=O)CNC(=O)NC(CCC(=O)O)C(=O)O. The van der Waals surface area contributed by atoms with E-state index < -0.39 is 24.0 Å². The van der Waals surface area contributed by atoms with Gasteiger partial charge in [-0.1, -0.05) is 0 Å².